The average molecular weight is 375 g/mol. The Morgan fingerprint density at radius 3 is 0.786 bits per heavy atom. The summed E-state index contributed by atoms with van der Waals surface area (Å²) in [7, 11) is 12.5. The molecule has 0 radical (unpaired) electrons. The van der Waals surface area contributed by atoms with E-state index in [-0.39, 0.29) is 0 Å². The maximum atomic E-state index is 2.36. The van der Waals surface area contributed by atoms with Crippen LogP contribution in [0.15, 0.2) is 72.8 Å². The Labute approximate surface area is 169 Å². The van der Waals surface area contributed by atoms with E-state index in [1.165, 1.54) is 17.1 Å². The third-order valence-corrected chi connectivity index (χ3v) is 4.81. The van der Waals surface area contributed by atoms with Gasteiger partial charge >= 0.3 is 0 Å². The van der Waals surface area contributed by atoms with E-state index < -0.39 is 0 Å². The summed E-state index contributed by atoms with van der Waals surface area (Å²) in [4.78, 5) is 8.86. The highest BCUT2D eigenvalue weighted by atomic mass is 15.2. The maximum absolute atomic E-state index is 2.36. The predicted octanol–water partition coefficient (Wildman–Crippen LogP) is 5.35. The Morgan fingerprint density at radius 1 is 0.357 bits per heavy atom. The summed E-state index contributed by atoms with van der Waals surface area (Å²) in [5.74, 6) is 0. The number of para-hydroxylation sites is 6. The molecule has 0 bridgehead atoms. The van der Waals surface area contributed by atoms with E-state index in [2.05, 4.69) is 135 Å². The van der Waals surface area contributed by atoms with Crippen molar-refractivity contribution in [2.75, 3.05) is 61.9 Å². The van der Waals surface area contributed by atoms with E-state index in [1.54, 1.807) is 0 Å². The maximum Gasteiger partial charge on any atom is 0.0696 e. The standard InChI is InChI=1S/C24H30N4/c1-25(2)19-13-7-10-16-22(19)28(23-17-11-8-14-20(23)26(3)4)24-18-12-9-15-21(24)27(5)6/h7-18H,1-6H3. The normalized spacial score (nSPS) is 10.5. The number of anilines is 6. The molecule has 0 saturated heterocycles. The number of hydrogen-bond donors (Lipinski definition) is 0. The quantitative estimate of drug-likeness (QED) is 0.576. The van der Waals surface area contributed by atoms with Gasteiger partial charge in [-0.05, 0) is 36.4 Å². The molecule has 0 unspecified atom stereocenters. The molecule has 3 rings (SSSR count). The molecule has 4 heteroatoms. The van der Waals surface area contributed by atoms with Crippen LogP contribution in [0.4, 0.5) is 34.1 Å². The van der Waals surface area contributed by atoms with Gasteiger partial charge in [0.15, 0.2) is 0 Å². The van der Waals surface area contributed by atoms with Crippen molar-refractivity contribution in [1.29, 1.82) is 0 Å². The van der Waals surface area contributed by atoms with Crippen LogP contribution in [0.25, 0.3) is 0 Å². The topological polar surface area (TPSA) is 13.0 Å². The van der Waals surface area contributed by atoms with E-state index in [9.17, 15) is 0 Å². The van der Waals surface area contributed by atoms with Crippen LogP contribution in [-0.2, 0) is 0 Å². The lowest BCUT2D eigenvalue weighted by Gasteiger charge is -2.34. The van der Waals surface area contributed by atoms with Gasteiger partial charge in [-0.2, -0.15) is 0 Å². The largest absolute Gasteiger partial charge is 0.376 e. The smallest absolute Gasteiger partial charge is 0.0696 e. The fraction of sp³-hybridized carbons (Fsp3) is 0.250. The van der Waals surface area contributed by atoms with Crippen molar-refractivity contribution in [3.8, 4) is 0 Å². The van der Waals surface area contributed by atoms with E-state index in [1.807, 2.05) is 0 Å². The Kier molecular flexibility index (Phi) is 5.78. The van der Waals surface area contributed by atoms with Crippen LogP contribution in [0.2, 0.25) is 0 Å². The van der Waals surface area contributed by atoms with Gasteiger partial charge in [-0.3, -0.25) is 0 Å². The van der Waals surface area contributed by atoms with E-state index >= 15 is 0 Å². The fourth-order valence-electron chi connectivity index (χ4n) is 3.48. The van der Waals surface area contributed by atoms with Crippen molar-refractivity contribution in [2.45, 2.75) is 0 Å². The third kappa shape index (κ3) is 3.77. The van der Waals surface area contributed by atoms with Crippen LogP contribution in [0.1, 0.15) is 0 Å². The Morgan fingerprint density at radius 2 is 0.571 bits per heavy atom. The zero-order valence-corrected chi connectivity index (χ0v) is 17.7. The van der Waals surface area contributed by atoms with E-state index in [0.717, 1.165) is 17.1 Å². The lowest BCUT2D eigenvalue weighted by atomic mass is 10.1. The van der Waals surface area contributed by atoms with Crippen molar-refractivity contribution >= 4 is 34.1 Å². The van der Waals surface area contributed by atoms with Gasteiger partial charge in [0, 0.05) is 42.3 Å². The third-order valence-electron chi connectivity index (χ3n) is 4.81. The second-order valence-corrected chi connectivity index (χ2v) is 7.48. The van der Waals surface area contributed by atoms with Gasteiger partial charge in [-0.25, -0.2) is 0 Å². The Bertz CT molecular complexity index is 809. The first-order chi connectivity index (χ1) is 13.4. The molecule has 146 valence electrons. The summed E-state index contributed by atoms with van der Waals surface area (Å²) >= 11 is 0. The molecule has 0 aliphatic carbocycles. The molecule has 0 N–H and O–H groups in total. The van der Waals surface area contributed by atoms with Crippen LogP contribution >= 0.6 is 0 Å². The molecule has 4 nitrogen and oxygen atoms in total. The fourth-order valence-corrected chi connectivity index (χ4v) is 3.48. The van der Waals surface area contributed by atoms with Gasteiger partial charge in [-0.1, -0.05) is 36.4 Å². The molecular weight excluding hydrogens is 344 g/mol. The first-order valence-electron chi connectivity index (χ1n) is 9.51. The zero-order chi connectivity index (χ0) is 20.3. The van der Waals surface area contributed by atoms with E-state index in [4.69, 9.17) is 0 Å². The summed E-state index contributed by atoms with van der Waals surface area (Å²) in [6.45, 7) is 0. The van der Waals surface area contributed by atoms with Crippen LogP contribution < -0.4 is 19.6 Å². The van der Waals surface area contributed by atoms with Gasteiger partial charge in [0.1, 0.15) is 0 Å². The molecule has 0 amide bonds. The average Bonchev–Trinajstić information content (AvgIpc) is 2.69. The van der Waals surface area contributed by atoms with Gasteiger partial charge in [0.2, 0.25) is 0 Å². The molecular formula is C24H30N4. The first kappa shape index (κ1) is 19.6. The van der Waals surface area contributed by atoms with E-state index in [0.29, 0.717) is 0 Å². The zero-order valence-electron chi connectivity index (χ0n) is 17.7. The lowest BCUT2D eigenvalue weighted by Crippen LogP contribution is -2.21. The Hall–Kier alpha value is -3.14. The van der Waals surface area contributed by atoms with Crippen molar-refractivity contribution in [3.63, 3.8) is 0 Å². The summed E-state index contributed by atoms with van der Waals surface area (Å²) in [6, 6.07) is 25.6. The minimum atomic E-state index is 1.15. The van der Waals surface area contributed by atoms with Crippen molar-refractivity contribution in [3.05, 3.63) is 72.8 Å². The SMILES string of the molecule is CN(C)c1ccccc1N(c1ccccc1N(C)C)c1ccccc1N(C)C. The van der Waals surface area contributed by atoms with Gasteiger partial charge in [0.25, 0.3) is 0 Å². The predicted molar refractivity (Wildman–Crippen MR) is 124 cm³/mol. The monoisotopic (exact) mass is 374 g/mol. The summed E-state index contributed by atoms with van der Waals surface area (Å²) in [5.41, 5.74) is 6.96. The van der Waals surface area contributed by atoms with Crippen LogP contribution in [0.5, 0.6) is 0 Å². The minimum Gasteiger partial charge on any atom is -0.376 e. The van der Waals surface area contributed by atoms with Gasteiger partial charge in [0.05, 0.1) is 34.1 Å². The summed E-state index contributed by atoms with van der Waals surface area (Å²) in [5, 5.41) is 0. The van der Waals surface area contributed by atoms with Gasteiger partial charge < -0.3 is 19.6 Å². The van der Waals surface area contributed by atoms with Crippen molar-refractivity contribution in [2.24, 2.45) is 0 Å². The second-order valence-electron chi connectivity index (χ2n) is 7.48. The molecule has 0 saturated carbocycles. The first-order valence-corrected chi connectivity index (χ1v) is 9.51. The molecule has 28 heavy (non-hydrogen) atoms. The van der Waals surface area contributed by atoms with Gasteiger partial charge in [-0.15, -0.1) is 0 Å². The molecule has 0 fully saturated rings. The van der Waals surface area contributed by atoms with Crippen molar-refractivity contribution in [1.82, 2.24) is 0 Å². The molecule has 0 atom stereocenters. The highest BCUT2D eigenvalue weighted by Gasteiger charge is 2.22. The number of benzene rings is 3. The molecule has 0 heterocycles. The number of rotatable bonds is 6. The molecule has 3 aromatic rings. The number of nitrogens with zero attached hydrogens (tertiary/aromatic N) is 4. The number of hydrogen-bond acceptors (Lipinski definition) is 4. The molecule has 0 spiro atoms. The highest BCUT2D eigenvalue weighted by Crippen LogP contribution is 2.46. The summed E-state index contributed by atoms with van der Waals surface area (Å²) in [6.07, 6.45) is 0. The highest BCUT2D eigenvalue weighted by molar-refractivity contribution is 5.93. The van der Waals surface area contributed by atoms with Crippen LogP contribution in [-0.4, -0.2) is 42.3 Å². The minimum absolute atomic E-state index is 1.15. The molecule has 3 aromatic carbocycles. The molecule has 0 aliphatic rings. The lowest BCUT2D eigenvalue weighted by molar-refractivity contribution is 1.09. The van der Waals surface area contributed by atoms with Crippen LogP contribution in [0.3, 0.4) is 0 Å². The Balaban J connectivity index is 2.35. The summed E-state index contributed by atoms with van der Waals surface area (Å²) < 4.78 is 0. The molecule has 0 aromatic heterocycles. The molecule has 0 aliphatic heterocycles. The second kappa shape index (κ2) is 8.26. The van der Waals surface area contributed by atoms with Crippen LogP contribution in [0, 0.1) is 0 Å². The van der Waals surface area contributed by atoms with Crippen molar-refractivity contribution < 1.29 is 0 Å².